The molecule has 1 N–H and O–H groups in total. The molecule has 4 nitrogen and oxygen atoms in total. The summed E-state index contributed by atoms with van der Waals surface area (Å²) in [5, 5.41) is 21.5. The highest BCUT2D eigenvalue weighted by Gasteiger charge is 2.39. The molecule has 0 fully saturated rings. The zero-order valence-corrected chi connectivity index (χ0v) is 16.4. The smallest absolute Gasteiger partial charge is 0.205 e. The highest BCUT2D eigenvalue weighted by molar-refractivity contribution is 6.30. The molecule has 29 heavy (non-hydrogen) atoms. The molecule has 1 aliphatic rings. The summed E-state index contributed by atoms with van der Waals surface area (Å²) in [5.41, 5.74) is 3.53. The number of rotatable bonds is 1. The number of nitriles is 1. The second kappa shape index (κ2) is 6.58. The van der Waals surface area contributed by atoms with E-state index in [1.807, 2.05) is 67.6 Å². The summed E-state index contributed by atoms with van der Waals surface area (Å²) in [6.45, 7) is 2.01. The first kappa shape index (κ1) is 17.7. The molecule has 5 heteroatoms. The fraction of sp³-hybridized carbons (Fsp3) is 0.125. The zero-order valence-electron chi connectivity index (χ0n) is 15.6. The first-order chi connectivity index (χ1) is 14.1. The molecular weight excluding hydrogens is 382 g/mol. The summed E-state index contributed by atoms with van der Waals surface area (Å²) >= 11 is 6.64. The van der Waals surface area contributed by atoms with E-state index in [2.05, 4.69) is 11.1 Å². The van der Waals surface area contributed by atoms with E-state index in [-0.39, 0.29) is 5.90 Å². The summed E-state index contributed by atoms with van der Waals surface area (Å²) < 4.78 is 5.74. The minimum absolute atomic E-state index is 0.0691. The van der Waals surface area contributed by atoms with Crippen molar-refractivity contribution in [2.24, 2.45) is 5.92 Å². The van der Waals surface area contributed by atoms with Crippen molar-refractivity contribution >= 4 is 39.2 Å². The number of pyridine rings is 1. The summed E-state index contributed by atoms with van der Waals surface area (Å²) in [6, 6.07) is 22.1. The van der Waals surface area contributed by atoms with Gasteiger partial charge in [0.25, 0.3) is 0 Å². The molecule has 1 aromatic heterocycles. The van der Waals surface area contributed by atoms with Crippen LogP contribution in [0.1, 0.15) is 22.6 Å². The van der Waals surface area contributed by atoms with Gasteiger partial charge in [0.2, 0.25) is 5.90 Å². The average molecular weight is 398 g/mol. The van der Waals surface area contributed by atoms with Gasteiger partial charge in [-0.15, -0.1) is 0 Å². The van der Waals surface area contributed by atoms with Crippen molar-refractivity contribution in [2.45, 2.75) is 12.8 Å². The summed E-state index contributed by atoms with van der Waals surface area (Å²) in [4.78, 5) is 4.60. The Labute approximate surface area is 172 Å². The largest absolute Gasteiger partial charge is 0.442 e. The first-order valence-electron chi connectivity index (χ1n) is 9.31. The van der Waals surface area contributed by atoms with Crippen LogP contribution in [0.15, 0.2) is 60.7 Å². The van der Waals surface area contributed by atoms with Gasteiger partial charge in [0, 0.05) is 16.9 Å². The molecule has 140 valence electrons. The minimum Gasteiger partial charge on any atom is -0.442 e. The predicted octanol–water partition coefficient (Wildman–Crippen LogP) is 5.99. The summed E-state index contributed by atoms with van der Waals surface area (Å²) in [5.74, 6) is -0.700. The standard InChI is InChI=1S/C24H16ClN3O/c1-13-6-7-15-11-17(23(25)28-19(15)10-13)21-18(12-26)24(27)29-20-9-8-14-4-2-3-5-16(14)22(20)21/h2-11,18,21,27H,1H3. The Balaban J connectivity index is 1.84. The molecule has 0 saturated carbocycles. The summed E-state index contributed by atoms with van der Waals surface area (Å²) in [7, 11) is 0. The lowest BCUT2D eigenvalue weighted by atomic mass is 9.77. The van der Waals surface area contributed by atoms with Gasteiger partial charge in [0.1, 0.15) is 16.8 Å². The molecule has 1 aliphatic heterocycles. The molecule has 2 atom stereocenters. The number of ether oxygens (including phenoxy) is 1. The Hall–Kier alpha value is -3.42. The van der Waals surface area contributed by atoms with Crippen LogP contribution in [0.5, 0.6) is 5.75 Å². The van der Waals surface area contributed by atoms with E-state index in [4.69, 9.17) is 21.7 Å². The van der Waals surface area contributed by atoms with E-state index in [0.29, 0.717) is 10.9 Å². The number of nitrogens with zero attached hydrogens (tertiary/aromatic N) is 2. The van der Waals surface area contributed by atoms with Gasteiger partial charge in [0.05, 0.1) is 11.6 Å². The van der Waals surface area contributed by atoms with Gasteiger partial charge in [-0.05, 0) is 47.0 Å². The van der Waals surface area contributed by atoms with Gasteiger partial charge in [0.15, 0.2) is 0 Å². The second-order valence-corrected chi connectivity index (χ2v) is 7.67. The van der Waals surface area contributed by atoms with Crippen molar-refractivity contribution < 1.29 is 4.74 Å². The lowest BCUT2D eigenvalue weighted by Crippen LogP contribution is -2.31. The Morgan fingerprint density at radius 3 is 2.69 bits per heavy atom. The normalized spacial score (nSPS) is 18.3. The third-order valence-corrected chi connectivity index (χ3v) is 5.81. The maximum Gasteiger partial charge on any atom is 0.205 e. The van der Waals surface area contributed by atoms with Crippen molar-refractivity contribution in [1.29, 1.82) is 10.7 Å². The number of hydrogen-bond acceptors (Lipinski definition) is 4. The first-order valence-corrected chi connectivity index (χ1v) is 9.69. The van der Waals surface area contributed by atoms with Crippen LogP contribution in [0.25, 0.3) is 21.7 Å². The summed E-state index contributed by atoms with van der Waals surface area (Å²) in [6.07, 6.45) is 0. The van der Waals surface area contributed by atoms with Gasteiger partial charge in [-0.25, -0.2) is 4.98 Å². The van der Waals surface area contributed by atoms with Gasteiger partial charge in [-0.3, -0.25) is 5.41 Å². The molecule has 0 bridgehead atoms. The molecule has 4 aromatic rings. The Morgan fingerprint density at radius 1 is 1.07 bits per heavy atom. The Bertz CT molecular complexity index is 1360. The van der Waals surface area contributed by atoms with Crippen molar-refractivity contribution in [3.8, 4) is 11.8 Å². The molecule has 5 rings (SSSR count). The van der Waals surface area contributed by atoms with Crippen LogP contribution < -0.4 is 4.74 Å². The molecule has 0 spiro atoms. The zero-order chi connectivity index (χ0) is 20.1. The number of nitrogens with one attached hydrogen (secondary N) is 1. The molecular formula is C24H16ClN3O. The number of fused-ring (bicyclic) bond motifs is 4. The number of aryl methyl sites for hydroxylation is 1. The average Bonchev–Trinajstić information content (AvgIpc) is 2.72. The van der Waals surface area contributed by atoms with Crippen LogP contribution in [0.3, 0.4) is 0 Å². The van der Waals surface area contributed by atoms with Crippen molar-refractivity contribution in [1.82, 2.24) is 4.98 Å². The van der Waals surface area contributed by atoms with Crippen molar-refractivity contribution in [3.63, 3.8) is 0 Å². The van der Waals surface area contributed by atoms with E-state index < -0.39 is 11.8 Å². The van der Waals surface area contributed by atoms with E-state index in [1.54, 1.807) is 0 Å². The molecule has 0 saturated heterocycles. The third kappa shape index (κ3) is 2.74. The van der Waals surface area contributed by atoms with E-state index >= 15 is 0 Å². The highest BCUT2D eigenvalue weighted by atomic mass is 35.5. The molecule has 0 aliphatic carbocycles. The van der Waals surface area contributed by atoms with Crippen molar-refractivity contribution in [2.75, 3.05) is 0 Å². The fourth-order valence-corrected chi connectivity index (χ4v) is 4.40. The van der Waals surface area contributed by atoms with Gasteiger partial charge < -0.3 is 4.74 Å². The second-order valence-electron chi connectivity index (χ2n) is 7.31. The SMILES string of the molecule is Cc1ccc2cc(C3c4c(ccc5ccccc45)OC(=N)C3C#N)c(Cl)nc2c1. The monoisotopic (exact) mass is 397 g/mol. The molecule has 3 aromatic carbocycles. The van der Waals surface area contributed by atoms with Crippen LogP contribution in [-0.4, -0.2) is 10.9 Å². The molecule has 2 unspecified atom stereocenters. The van der Waals surface area contributed by atoms with Gasteiger partial charge >= 0.3 is 0 Å². The van der Waals surface area contributed by atoms with Crippen molar-refractivity contribution in [3.05, 3.63) is 82.5 Å². The highest BCUT2D eigenvalue weighted by Crippen LogP contribution is 2.47. The van der Waals surface area contributed by atoms with E-state index in [0.717, 1.165) is 38.4 Å². The number of aromatic nitrogens is 1. The molecule has 2 heterocycles. The maximum absolute atomic E-state index is 9.90. The van der Waals surface area contributed by atoms with E-state index in [1.165, 1.54) is 0 Å². The van der Waals surface area contributed by atoms with Crippen LogP contribution in [0.2, 0.25) is 5.15 Å². The molecule has 0 amide bonds. The number of halogens is 1. The maximum atomic E-state index is 9.90. The minimum atomic E-state index is -0.782. The fourth-order valence-electron chi connectivity index (χ4n) is 4.14. The molecule has 0 radical (unpaired) electrons. The van der Waals surface area contributed by atoms with E-state index in [9.17, 15) is 5.26 Å². The van der Waals surface area contributed by atoms with Crippen LogP contribution in [-0.2, 0) is 0 Å². The Kier molecular flexibility index (Phi) is 4.01. The van der Waals surface area contributed by atoms with Crippen LogP contribution >= 0.6 is 11.6 Å². The van der Waals surface area contributed by atoms with Gasteiger partial charge in [-0.1, -0.05) is 54.1 Å². The van der Waals surface area contributed by atoms with Crippen LogP contribution in [0, 0.1) is 29.6 Å². The topological polar surface area (TPSA) is 69.8 Å². The number of hydrogen-bond donors (Lipinski definition) is 1. The number of benzene rings is 3. The van der Waals surface area contributed by atoms with Gasteiger partial charge in [-0.2, -0.15) is 5.26 Å². The van der Waals surface area contributed by atoms with Crippen LogP contribution in [0.4, 0.5) is 0 Å². The lowest BCUT2D eigenvalue weighted by Gasteiger charge is -2.31. The lowest BCUT2D eigenvalue weighted by molar-refractivity contribution is 0.453. The third-order valence-electron chi connectivity index (χ3n) is 5.51. The Morgan fingerprint density at radius 2 is 1.86 bits per heavy atom. The predicted molar refractivity (Wildman–Crippen MR) is 115 cm³/mol. The quantitative estimate of drug-likeness (QED) is 0.401.